The average Bonchev–Trinajstić information content (AvgIpc) is 3.31. The number of nitrogens with one attached hydrogen (secondary N) is 1. The number of aryl methyl sites for hydroxylation is 1. The highest BCUT2D eigenvalue weighted by molar-refractivity contribution is 7.19. The number of carbonyl (C=O) groups is 2. The molecule has 4 heterocycles. The quantitative estimate of drug-likeness (QED) is 0.448. The predicted molar refractivity (Wildman–Crippen MR) is 142 cm³/mol. The minimum absolute atomic E-state index is 0. The van der Waals surface area contributed by atoms with Gasteiger partial charge in [-0.1, -0.05) is 11.6 Å². The van der Waals surface area contributed by atoms with E-state index in [0.717, 1.165) is 68.4 Å². The normalized spacial score (nSPS) is 18.5. The minimum Gasteiger partial charge on any atom is -0.489 e. The third-order valence-corrected chi connectivity index (χ3v) is 7.46. The Balaban J connectivity index is 0.00000171. The highest BCUT2D eigenvalue weighted by atomic mass is 35.5. The zero-order valence-corrected chi connectivity index (χ0v) is 22.2. The molecule has 7 nitrogen and oxygen atoms in total. The van der Waals surface area contributed by atoms with Gasteiger partial charge in [-0.15, -0.1) is 36.2 Å². The van der Waals surface area contributed by atoms with Crippen molar-refractivity contribution in [1.82, 2.24) is 15.2 Å². The van der Waals surface area contributed by atoms with E-state index in [2.05, 4.69) is 10.3 Å². The first-order valence-corrected chi connectivity index (χ1v) is 12.2. The zero-order chi connectivity index (χ0) is 23.1. The Morgan fingerprint density at radius 2 is 1.94 bits per heavy atom. The summed E-state index contributed by atoms with van der Waals surface area (Å²) in [6.45, 7) is 3.99. The summed E-state index contributed by atoms with van der Waals surface area (Å²) in [5, 5.41) is 13.7. The van der Waals surface area contributed by atoms with Crippen LogP contribution in [0.5, 0.6) is 5.75 Å². The van der Waals surface area contributed by atoms with Gasteiger partial charge in [-0.3, -0.25) is 19.5 Å². The molecule has 1 atom stereocenters. The summed E-state index contributed by atoms with van der Waals surface area (Å²) < 4.78 is 7.42. The number of rotatable bonds is 5. The van der Waals surface area contributed by atoms with Crippen LogP contribution in [0, 0.1) is 6.92 Å². The van der Waals surface area contributed by atoms with Crippen LogP contribution in [-0.2, 0) is 16.1 Å². The summed E-state index contributed by atoms with van der Waals surface area (Å²) in [5.74, 6) is -0.0863. The van der Waals surface area contributed by atoms with Crippen LogP contribution in [0.15, 0.2) is 30.5 Å². The zero-order valence-electron chi connectivity index (χ0n) is 19.0. The number of fused-ring (bicyclic) bond motifs is 1. The molecule has 5 rings (SSSR count). The number of imide groups is 1. The van der Waals surface area contributed by atoms with Gasteiger partial charge in [0.15, 0.2) is 0 Å². The van der Waals surface area contributed by atoms with Crippen LogP contribution in [0.25, 0.3) is 21.3 Å². The van der Waals surface area contributed by atoms with Gasteiger partial charge in [0.05, 0.1) is 23.2 Å². The SMILES string of the molecule is Cc1cc(Cl)cc(-c2ccnc3cc(CN4C(=O)C[C@H](O)C4=O)sc23)c1OC1CCNCC1.Cl.Cl. The van der Waals surface area contributed by atoms with Crippen LogP contribution in [0.4, 0.5) is 0 Å². The summed E-state index contributed by atoms with van der Waals surface area (Å²) in [7, 11) is 0. The molecule has 0 unspecified atom stereocenters. The molecule has 0 radical (unpaired) electrons. The number of aromatic nitrogens is 1. The van der Waals surface area contributed by atoms with Crippen molar-refractivity contribution in [3.63, 3.8) is 0 Å². The van der Waals surface area contributed by atoms with Crippen molar-refractivity contribution in [1.29, 1.82) is 0 Å². The fourth-order valence-corrected chi connectivity index (χ4v) is 5.83. The number of ether oxygens (including phenoxy) is 1. The van der Waals surface area contributed by atoms with Gasteiger partial charge in [0.25, 0.3) is 5.91 Å². The van der Waals surface area contributed by atoms with E-state index in [-0.39, 0.29) is 49.8 Å². The number of nitrogens with zero attached hydrogens (tertiary/aromatic N) is 2. The molecule has 2 N–H and O–H groups in total. The molecule has 0 saturated carbocycles. The van der Waals surface area contributed by atoms with Crippen molar-refractivity contribution in [2.24, 2.45) is 0 Å². The van der Waals surface area contributed by atoms with E-state index in [0.29, 0.717) is 5.02 Å². The van der Waals surface area contributed by atoms with Crippen molar-refractivity contribution < 1.29 is 19.4 Å². The lowest BCUT2D eigenvalue weighted by Gasteiger charge is -2.26. The van der Waals surface area contributed by atoms with E-state index < -0.39 is 12.0 Å². The van der Waals surface area contributed by atoms with Gasteiger partial charge in [0.2, 0.25) is 5.91 Å². The largest absolute Gasteiger partial charge is 0.489 e. The molecule has 2 fully saturated rings. The van der Waals surface area contributed by atoms with Crippen LogP contribution >= 0.6 is 47.8 Å². The van der Waals surface area contributed by atoms with E-state index >= 15 is 0 Å². The molecule has 2 aliphatic rings. The van der Waals surface area contributed by atoms with Crippen molar-refractivity contribution in [2.75, 3.05) is 13.1 Å². The second-order valence-electron chi connectivity index (χ2n) is 8.49. The lowest BCUT2D eigenvalue weighted by Crippen LogP contribution is -2.34. The van der Waals surface area contributed by atoms with E-state index in [1.807, 2.05) is 31.2 Å². The summed E-state index contributed by atoms with van der Waals surface area (Å²) in [6, 6.07) is 7.66. The second-order valence-corrected chi connectivity index (χ2v) is 10.1. The Hall–Kier alpha value is -1.94. The molecule has 11 heteroatoms. The maximum Gasteiger partial charge on any atom is 0.258 e. The van der Waals surface area contributed by atoms with Gasteiger partial charge in [-0.25, -0.2) is 0 Å². The topological polar surface area (TPSA) is 91.8 Å². The molecule has 3 aromatic rings. The summed E-state index contributed by atoms with van der Waals surface area (Å²) in [6.07, 6.45) is 2.37. The van der Waals surface area contributed by atoms with E-state index in [9.17, 15) is 14.7 Å². The van der Waals surface area contributed by atoms with Crippen molar-refractivity contribution in [2.45, 2.75) is 44.9 Å². The van der Waals surface area contributed by atoms with E-state index in [1.165, 1.54) is 11.3 Å². The molecule has 2 saturated heterocycles. The maximum atomic E-state index is 12.1. The number of halogens is 3. The van der Waals surface area contributed by atoms with Gasteiger partial charge in [-0.05, 0) is 62.7 Å². The summed E-state index contributed by atoms with van der Waals surface area (Å²) in [5.41, 5.74) is 3.60. The van der Waals surface area contributed by atoms with Crippen molar-refractivity contribution in [3.05, 3.63) is 45.9 Å². The van der Waals surface area contributed by atoms with Crippen LogP contribution < -0.4 is 10.1 Å². The first-order valence-electron chi connectivity index (χ1n) is 11.0. The number of carbonyl (C=O) groups excluding carboxylic acids is 2. The minimum atomic E-state index is -1.25. The average molecular weight is 559 g/mol. The number of hydrogen-bond acceptors (Lipinski definition) is 7. The molecule has 2 aliphatic heterocycles. The van der Waals surface area contributed by atoms with Crippen molar-refractivity contribution >= 4 is 69.8 Å². The van der Waals surface area contributed by atoms with Crippen LogP contribution in [0.3, 0.4) is 0 Å². The fraction of sp³-hybridized carbons (Fsp3) is 0.375. The molecule has 2 amide bonds. The number of aliphatic hydroxyl groups is 1. The predicted octanol–water partition coefficient (Wildman–Crippen LogP) is 4.52. The third kappa shape index (κ3) is 5.58. The summed E-state index contributed by atoms with van der Waals surface area (Å²) in [4.78, 5) is 30.7. The first kappa shape index (κ1) is 27.6. The molecule has 35 heavy (non-hydrogen) atoms. The second kappa shape index (κ2) is 11.4. The molecular weight excluding hydrogens is 533 g/mol. The Morgan fingerprint density at radius 3 is 2.63 bits per heavy atom. The van der Waals surface area contributed by atoms with Crippen LogP contribution in [0.1, 0.15) is 29.7 Å². The first-order chi connectivity index (χ1) is 15.9. The molecule has 2 aromatic heterocycles. The van der Waals surface area contributed by atoms with Crippen molar-refractivity contribution in [3.8, 4) is 16.9 Å². The summed E-state index contributed by atoms with van der Waals surface area (Å²) >= 11 is 7.93. The standard InChI is InChI=1S/C24H24ClN3O4S.2ClH/c1-13-8-14(25)9-18(22(13)32-15-2-5-26-6-3-15)17-4-7-27-19-10-16(33-23(17)19)12-28-21(30)11-20(29)24(28)31;;/h4,7-10,15,20,26,29H,2-3,5-6,11-12H2,1H3;2*1H/t20-;;/m0../s1. The number of amides is 2. The lowest BCUT2D eigenvalue weighted by atomic mass is 10.0. The monoisotopic (exact) mass is 557 g/mol. The molecule has 0 aliphatic carbocycles. The number of pyridine rings is 1. The Kier molecular flexibility index (Phi) is 9.01. The molecular formula is C24H26Cl3N3O4S. The lowest BCUT2D eigenvalue weighted by molar-refractivity contribution is -0.141. The third-order valence-electron chi connectivity index (χ3n) is 6.10. The number of likely N-dealkylation sites (tertiary alicyclic amines) is 1. The Morgan fingerprint density at radius 1 is 1.20 bits per heavy atom. The van der Waals surface area contributed by atoms with Crippen LogP contribution in [0.2, 0.25) is 5.02 Å². The smallest absolute Gasteiger partial charge is 0.258 e. The van der Waals surface area contributed by atoms with Gasteiger partial charge >= 0.3 is 0 Å². The van der Waals surface area contributed by atoms with E-state index in [4.69, 9.17) is 16.3 Å². The molecule has 1 aromatic carbocycles. The van der Waals surface area contributed by atoms with Crippen LogP contribution in [-0.4, -0.2) is 52.1 Å². The van der Waals surface area contributed by atoms with Gasteiger partial charge in [-0.2, -0.15) is 0 Å². The highest BCUT2D eigenvalue weighted by Gasteiger charge is 2.37. The maximum absolute atomic E-state index is 12.1. The van der Waals surface area contributed by atoms with Gasteiger partial charge in [0, 0.05) is 27.2 Å². The van der Waals surface area contributed by atoms with Gasteiger partial charge in [0.1, 0.15) is 18.0 Å². The molecule has 0 spiro atoms. The Labute approximate surface area is 224 Å². The highest BCUT2D eigenvalue weighted by Crippen LogP contribution is 2.42. The fourth-order valence-electron chi connectivity index (χ4n) is 4.43. The number of piperidine rings is 1. The number of hydrogen-bond donors (Lipinski definition) is 2. The van der Waals surface area contributed by atoms with Gasteiger partial charge < -0.3 is 15.2 Å². The molecule has 0 bridgehead atoms. The number of aliphatic hydroxyl groups excluding tert-OH is 1. The number of benzene rings is 1. The van der Waals surface area contributed by atoms with E-state index in [1.54, 1.807) is 6.20 Å². The Bertz CT molecular complexity index is 1250. The number of thiophene rings is 1. The molecule has 188 valence electrons.